The van der Waals surface area contributed by atoms with Crippen LogP contribution in [0.3, 0.4) is 0 Å². The molecule has 0 bridgehead atoms. The Kier molecular flexibility index (Phi) is 9.13. The van der Waals surface area contributed by atoms with Crippen molar-refractivity contribution in [2.75, 3.05) is 13.2 Å². The van der Waals surface area contributed by atoms with Crippen molar-refractivity contribution >= 4 is 11.9 Å². The van der Waals surface area contributed by atoms with Gasteiger partial charge in [-0.2, -0.15) is 10.5 Å². The molecule has 0 fully saturated rings. The quantitative estimate of drug-likeness (QED) is 0.111. The van der Waals surface area contributed by atoms with Crippen LogP contribution in [-0.2, 0) is 19.1 Å². The summed E-state index contributed by atoms with van der Waals surface area (Å²) in [6.45, 7) is -3.03. The molecule has 0 aromatic heterocycles. The maximum absolute atomic E-state index is 10.8. The average Bonchev–Trinajstić information content (AvgIpc) is 2.67. The Morgan fingerprint density at radius 3 is 1.29 bits per heavy atom. The topological polar surface area (TPSA) is 287 Å². The minimum absolute atomic E-state index is 0.939. The predicted molar refractivity (Wildman–Crippen MR) is 77.2 cm³/mol. The van der Waals surface area contributed by atoms with Gasteiger partial charge in [-0.25, -0.2) is 9.59 Å². The number of azo groups is 1. The van der Waals surface area contributed by atoms with Crippen LogP contribution >= 0.6 is 0 Å². The molecule has 0 amide bonds. The molecule has 0 aromatic carbocycles. The molecule has 6 atom stereocenters. The Hall–Kier alpha value is -3.12. The van der Waals surface area contributed by atoms with Gasteiger partial charge in [0, 0.05) is 0 Å². The molecule has 16 nitrogen and oxygen atoms in total. The van der Waals surface area contributed by atoms with Crippen molar-refractivity contribution in [3.63, 3.8) is 0 Å². The SMILES string of the molecule is N#COC(CO)(N=NC(CO)(OC#N)C(O)C(O)C(=O)O)C(O)C(O)C(=O)O. The third-order valence-corrected chi connectivity index (χ3v) is 3.31. The Bertz CT molecular complexity index is 618. The molecular weight excluding hydrogens is 392 g/mol. The van der Waals surface area contributed by atoms with Gasteiger partial charge in [-0.1, -0.05) is 0 Å². The number of aliphatic carboxylic acids is 2. The number of hydrogen-bond donors (Lipinski definition) is 8. The first-order valence-corrected chi connectivity index (χ1v) is 6.96. The second kappa shape index (κ2) is 10.3. The Morgan fingerprint density at radius 1 is 0.821 bits per heavy atom. The molecule has 0 saturated heterocycles. The van der Waals surface area contributed by atoms with E-state index in [0.29, 0.717) is 0 Å². The normalized spacial score (nSPS) is 19.7. The predicted octanol–water partition coefficient (Wildman–Crippen LogP) is -4.58. The lowest BCUT2D eigenvalue weighted by atomic mass is 10.0. The number of carbonyl (C=O) groups is 2. The number of ether oxygens (including phenoxy) is 2. The highest BCUT2D eigenvalue weighted by atomic mass is 16.6. The number of carboxylic acid groups (broad SMARTS) is 2. The minimum Gasteiger partial charge on any atom is -0.479 e. The van der Waals surface area contributed by atoms with Crippen molar-refractivity contribution in [2.24, 2.45) is 10.2 Å². The molecule has 0 spiro atoms. The molecule has 8 N–H and O–H groups in total. The lowest BCUT2D eigenvalue weighted by Crippen LogP contribution is -2.56. The molecule has 0 aromatic rings. The summed E-state index contributed by atoms with van der Waals surface area (Å²) in [5, 5.41) is 98.1. The van der Waals surface area contributed by atoms with Gasteiger partial charge in [0.2, 0.25) is 0 Å². The molecule has 28 heavy (non-hydrogen) atoms. The van der Waals surface area contributed by atoms with Crippen LogP contribution in [0, 0.1) is 23.0 Å². The fourth-order valence-corrected chi connectivity index (χ4v) is 1.69. The average molecular weight is 408 g/mol. The van der Waals surface area contributed by atoms with Crippen molar-refractivity contribution in [3.8, 4) is 12.5 Å². The van der Waals surface area contributed by atoms with Gasteiger partial charge in [0.1, 0.15) is 13.2 Å². The first kappa shape index (κ1) is 24.9. The molecule has 0 saturated carbocycles. The van der Waals surface area contributed by atoms with Crippen LogP contribution in [-0.4, -0.2) is 102 Å². The molecule has 0 heterocycles. The zero-order chi connectivity index (χ0) is 22.1. The van der Waals surface area contributed by atoms with E-state index in [9.17, 15) is 40.2 Å². The van der Waals surface area contributed by atoms with E-state index in [1.807, 2.05) is 0 Å². The van der Waals surface area contributed by atoms with Crippen LogP contribution in [0.4, 0.5) is 0 Å². The third-order valence-electron chi connectivity index (χ3n) is 3.31. The van der Waals surface area contributed by atoms with Crippen LogP contribution in [0.2, 0.25) is 0 Å². The van der Waals surface area contributed by atoms with E-state index in [-0.39, 0.29) is 0 Å². The standard InChI is InChI=1S/C12H16N4O12/c13-3-27-11(1-17,7(21)5(19)9(23)24)15-16-12(2-18,28-4-14)8(22)6(20)10(25)26/h5-8,17-22H,1-2H2,(H,23,24)(H,25,26). The lowest BCUT2D eigenvalue weighted by Gasteiger charge is -2.33. The highest BCUT2D eigenvalue weighted by Gasteiger charge is 2.51. The van der Waals surface area contributed by atoms with Crippen molar-refractivity contribution in [3.05, 3.63) is 0 Å². The van der Waals surface area contributed by atoms with Gasteiger partial charge in [0.05, 0.1) is 0 Å². The number of nitrogens with zero attached hydrogens (tertiary/aromatic N) is 4. The Balaban J connectivity index is 6.32. The zero-order valence-electron chi connectivity index (χ0n) is 13.7. The van der Waals surface area contributed by atoms with Crippen molar-refractivity contribution < 1.29 is 59.9 Å². The van der Waals surface area contributed by atoms with Gasteiger partial charge in [-0.15, -0.1) is 10.2 Å². The number of nitriles is 2. The molecule has 156 valence electrons. The molecule has 6 unspecified atom stereocenters. The molecule has 0 aliphatic heterocycles. The Labute approximate surface area is 155 Å². The maximum atomic E-state index is 10.8. The van der Waals surface area contributed by atoms with E-state index >= 15 is 0 Å². The first-order valence-electron chi connectivity index (χ1n) is 6.96. The van der Waals surface area contributed by atoms with Crippen LogP contribution in [0.25, 0.3) is 0 Å². The molecule has 0 rings (SSSR count). The largest absolute Gasteiger partial charge is 0.479 e. The van der Waals surface area contributed by atoms with Crippen molar-refractivity contribution in [1.29, 1.82) is 10.5 Å². The summed E-state index contributed by atoms with van der Waals surface area (Å²) in [4.78, 5) is 21.6. The highest BCUT2D eigenvalue weighted by molar-refractivity contribution is 5.73. The van der Waals surface area contributed by atoms with Gasteiger partial charge >= 0.3 is 11.9 Å². The van der Waals surface area contributed by atoms with E-state index in [1.165, 1.54) is 0 Å². The summed E-state index contributed by atoms with van der Waals surface area (Å²) in [5.74, 6) is -4.07. The summed E-state index contributed by atoms with van der Waals surface area (Å²) in [6.07, 6.45) is -8.83. The van der Waals surface area contributed by atoms with E-state index in [1.54, 1.807) is 0 Å². The summed E-state index contributed by atoms with van der Waals surface area (Å²) < 4.78 is 8.52. The van der Waals surface area contributed by atoms with E-state index in [0.717, 1.165) is 12.5 Å². The minimum atomic E-state index is -3.04. The second-order valence-corrected chi connectivity index (χ2v) is 5.05. The Morgan fingerprint density at radius 2 is 1.11 bits per heavy atom. The smallest absolute Gasteiger partial charge is 0.335 e. The van der Waals surface area contributed by atoms with Crippen LogP contribution in [0.1, 0.15) is 0 Å². The fourth-order valence-electron chi connectivity index (χ4n) is 1.69. The number of hydrogen-bond acceptors (Lipinski definition) is 14. The van der Waals surface area contributed by atoms with E-state index in [4.69, 9.17) is 20.7 Å². The maximum Gasteiger partial charge on any atom is 0.335 e. The number of rotatable bonds is 12. The van der Waals surface area contributed by atoms with Crippen LogP contribution in [0.5, 0.6) is 0 Å². The first-order chi connectivity index (χ1) is 13.0. The third kappa shape index (κ3) is 5.20. The summed E-state index contributed by atoms with van der Waals surface area (Å²) in [6, 6.07) is 0. The number of carboxylic acids is 2. The van der Waals surface area contributed by atoms with Gasteiger partial charge < -0.3 is 50.3 Å². The fraction of sp³-hybridized carbons (Fsp3) is 0.667. The van der Waals surface area contributed by atoms with Crippen molar-refractivity contribution in [1.82, 2.24) is 0 Å². The monoisotopic (exact) mass is 408 g/mol. The summed E-state index contributed by atoms with van der Waals surface area (Å²) >= 11 is 0. The zero-order valence-corrected chi connectivity index (χ0v) is 13.7. The van der Waals surface area contributed by atoms with Crippen LogP contribution in [0.15, 0.2) is 10.2 Å². The molecule has 16 heteroatoms. The summed E-state index contributed by atoms with van der Waals surface area (Å²) in [5.41, 5.74) is -6.08. The van der Waals surface area contributed by atoms with Gasteiger partial charge in [-0.3, -0.25) is 0 Å². The molecular formula is C12H16N4O12. The summed E-state index contributed by atoms with van der Waals surface area (Å²) in [7, 11) is 0. The van der Waals surface area contributed by atoms with Gasteiger partial charge in [0.15, 0.2) is 24.4 Å². The van der Waals surface area contributed by atoms with Crippen molar-refractivity contribution in [2.45, 2.75) is 35.9 Å². The molecule has 0 aliphatic rings. The van der Waals surface area contributed by atoms with Gasteiger partial charge in [-0.05, 0) is 0 Å². The molecule has 0 radical (unpaired) electrons. The lowest BCUT2D eigenvalue weighted by molar-refractivity contribution is -0.184. The van der Waals surface area contributed by atoms with Gasteiger partial charge in [0.25, 0.3) is 24.0 Å². The van der Waals surface area contributed by atoms with E-state index < -0.39 is 61.0 Å². The number of aliphatic hydroxyl groups is 6. The molecule has 0 aliphatic carbocycles. The number of aliphatic hydroxyl groups excluding tert-OH is 6. The second-order valence-electron chi connectivity index (χ2n) is 5.05. The van der Waals surface area contributed by atoms with Crippen LogP contribution < -0.4 is 0 Å². The highest BCUT2D eigenvalue weighted by Crippen LogP contribution is 2.27. The van der Waals surface area contributed by atoms with E-state index in [2.05, 4.69) is 19.7 Å².